The normalized spacial score (nSPS) is 9.83. The van der Waals surface area contributed by atoms with E-state index < -0.39 is 0 Å². The third-order valence-electron chi connectivity index (χ3n) is 2.28. The molecular formula is C13H12N2O2S. The van der Waals surface area contributed by atoms with Crippen LogP contribution in [0.1, 0.15) is 18.9 Å². The van der Waals surface area contributed by atoms with Crippen molar-refractivity contribution in [2.75, 3.05) is 6.54 Å². The molecule has 1 heterocycles. The molecule has 0 fully saturated rings. The first-order valence-corrected chi connectivity index (χ1v) is 6.33. The van der Waals surface area contributed by atoms with Gasteiger partial charge in [0.1, 0.15) is 0 Å². The van der Waals surface area contributed by atoms with Crippen molar-refractivity contribution >= 4 is 27.5 Å². The van der Waals surface area contributed by atoms with E-state index >= 15 is 0 Å². The van der Waals surface area contributed by atoms with E-state index in [1.807, 2.05) is 18.2 Å². The first-order valence-electron chi connectivity index (χ1n) is 5.51. The molecule has 4 nitrogen and oxygen atoms in total. The molecule has 2 aromatic rings. The fraction of sp³-hybridized carbons (Fsp3) is 0.231. The van der Waals surface area contributed by atoms with E-state index in [4.69, 9.17) is 0 Å². The zero-order valence-corrected chi connectivity index (χ0v) is 10.7. The highest BCUT2D eigenvalue weighted by atomic mass is 32.1. The summed E-state index contributed by atoms with van der Waals surface area (Å²) in [6, 6.07) is 5.62. The van der Waals surface area contributed by atoms with Crippen LogP contribution in [0.3, 0.4) is 0 Å². The maximum absolute atomic E-state index is 11.1. The van der Waals surface area contributed by atoms with Gasteiger partial charge >= 0.3 is 4.87 Å². The quantitative estimate of drug-likeness (QED) is 0.634. The number of rotatable bonds is 2. The number of amides is 1. The molecule has 92 valence electrons. The molecule has 1 amide bonds. The zero-order valence-electron chi connectivity index (χ0n) is 9.87. The van der Waals surface area contributed by atoms with Gasteiger partial charge in [0.2, 0.25) is 5.91 Å². The topological polar surface area (TPSA) is 62.0 Å². The van der Waals surface area contributed by atoms with Crippen molar-refractivity contribution in [2.45, 2.75) is 13.3 Å². The predicted molar refractivity (Wildman–Crippen MR) is 72.6 cm³/mol. The summed E-state index contributed by atoms with van der Waals surface area (Å²) in [4.78, 5) is 24.5. The monoisotopic (exact) mass is 260 g/mol. The van der Waals surface area contributed by atoms with E-state index in [1.54, 1.807) is 0 Å². The first kappa shape index (κ1) is 12.4. The molecule has 0 spiro atoms. The summed E-state index contributed by atoms with van der Waals surface area (Å²) in [6.45, 7) is 2.04. The molecule has 1 aromatic carbocycles. The van der Waals surface area contributed by atoms with Gasteiger partial charge in [0, 0.05) is 25.5 Å². The minimum absolute atomic E-state index is 0.0460. The number of hydrogen-bond donors (Lipinski definition) is 2. The maximum Gasteiger partial charge on any atom is 0.305 e. The summed E-state index contributed by atoms with van der Waals surface area (Å²) in [5.74, 6) is 5.94. The Morgan fingerprint density at radius 2 is 2.33 bits per heavy atom. The lowest BCUT2D eigenvalue weighted by molar-refractivity contribution is -0.118. The van der Waals surface area contributed by atoms with Gasteiger partial charge in [-0.1, -0.05) is 23.2 Å². The Hall–Kier alpha value is -2.06. The fourth-order valence-electron chi connectivity index (χ4n) is 1.49. The standard InChI is InChI=1S/C13H12N2O2S/c1-9(16)14-7-3-2-4-10-5-6-11-12(8-10)18-13(17)15-11/h5-6,8H,3,7H2,1H3,(H,14,16)(H,15,17). The minimum Gasteiger partial charge on any atom is -0.355 e. The molecule has 2 N–H and O–H groups in total. The summed E-state index contributed by atoms with van der Waals surface area (Å²) >= 11 is 1.18. The highest BCUT2D eigenvalue weighted by Crippen LogP contribution is 2.15. The maximum atomic E-state index is 11.1. The van der Waals surface area contributed by atoms with Crippen LogP contribution in [0.5, 0.6) is 0 Å². The molecule has 0 radical (unpaired) electrons. The van der Waals surface area contributed by atoms with Crippen molar-refractivity contribution < 1.29 is 4.79 Å². The zero-order chi connectivity index (χ0) is 13.0. The van der Waals surface area contributed by atoms with E-state index in [-0.39, 0.29) is 10.8 Å². The van der Waals surface area contributed by atoms with Gasteiger partial charge < -0.3 is 10.3 Å². The third-order valence-corrected chi connectivity index (χ3v) is 3.12. The number of H-pyrrole nitrogens is 1. The molecular weight excluding hydrogens is 248 g/mol. The van der Waals surface area contributed by atoms with Gasteiger partial charge in [0.15, 0.2) is 0 Å². The number of thiazole rings is 1. The minimum atomic E-state index is -0.0548. The molecule has 0 saturated heterocycles. The highest BCUT2D eigenvalue weighted by molar-refractivity contribution is 7.16. The number of carbonyl (C=O) groups is 1. The summed E-state index contributed by atoms with van der Waals surface area (Å²) in [7, 11) is 0. The molecule has 5 heteroatoms. The molecule has 1 aromatic heterocycles. The molecule has 2 rings (SSSR count). The summed E-state index contributed by atoms with van der Waals surface area (Å²) in [5.41, 5.74) is 1.72. The highest BCUT2D eigenvalue weighted by Gasteiger charge is 1.98. The van der Waals surface area contributed by atoms with Crippen molar-refractivity contribution in [3.63, 3.8) is 0 Å². The van der Waals surface area contributed by atoms with Crippen molar-refractivity contribution in [2.24, 2.45) is 0 Å². The second-order valence-electron chi connectivity index (χ2n) is 3.76. The summed E-state index contributed by atoms with van der Waals surface area (Å²) in [6.07, 6.45) is 0.612. The molecule has 0 bridgehead atoms. The lowest BCUT2D eigenvalue weighted by Crippen LogP contribution is -2.20. The molecule has 0 saturated carbocycles. The van der Waals surface area contributed by atoms with Crippen LogP contribution in [0.4, 0.5) is 0 Å². The predicted octanol–water partition coefficient (Wildman–Crippen LogP) is 1.47. The lowest BCUT2D eigenvalue weighted by Gasteiger charge is -1.95. The van der Waals surface area contributed by atoms with Gasteiger partial charge in [0.25, 0.3) is 0 Å². The van der Waals surface area contributed by atoms with Crippen LogP contribution >= 0.6 is 11.3 Å². The third kappa shape index (κ3) is 3.22. The number of benzene rings is 1. The molecule has 0 atom stereocenters. The SMILES string of the molecule is CC(=O)NCCC#Cc1ccc2[nH]c(=O)sc2c1. The Bertz CT molecular complexity index is 688. The Morgan fingerprint density at radius 3 is 3.11 bits per heavy atom. The van der Waals surface area contributed by atoms with Gasteiger partial charge in [0.05, 0.1) is 10.2 Å². The van der Waals surface area contributed by atoms with Crippen LogP contribution in [0.2, 0.25) is 0 Å². The number of fused-ring (bicyclic) bond motifs is 1. The van der Waals surface area contributed by atoms with E-state index in [1.165, 1.54) is 18.3 Å². The van der Waals surface area contributed by atoms with Crippen LogP contribution in [-0.4, -0.2) is 17.4 Å². The van der Waals surface area contributed by atoms with E-state index in [2.05, 4.69) is 22.1 Å². The Balaban J connectivity index is 2.05. The van der Waals surface area contributed by atoms with E-state index in [9.17, 15) is 9.59 Å². The summed E-state index contributed by atoms with van der Waals surface area (Å²) in [5, 5.41) is 2.68. The number of aromatic amines is 1. The number of carbonyl (C=O) groups excluding carboxylic acids is 1. The molecule has 0 aliphatic rings. The molecule has 0 unspecified atom stereocenters. The average molecular weight is 260 g/mol. The van der Waals surface area contributed by atoms with Crippen LogP contribution in [-0.2, 0) is 4.79 Å². The summed E-state index contributed by atoms with van der Waals surface area (Å²) < 4.78 is 0.911. The Morgan fingerprint density at radius 1 is 1.50 bits per heavy atom. The van der Waals surface area contributed by atoms with E-state index in [0.29, 0.717) is 13.0 Å². The van der Waals surface area contributed by atoms with Crippen molar-refractivity contribution in [3.05, 3.63) is 33.4 Å². The van der Waals surface area contributed by atoms with Gasteiger partial charge in [-0.05, 0) is 18.2 Å². The second kappa shape index (κ2) is 5.52. The fourth-order valence-corrected chi connectivity index (χ4v) is 2.26. The average Bonchev–Trinajstić information content (AvgIpc) is 2.67. The number of nitrogens with one attached hydrogen (secondary N) is 2. The van der Waals surface area contributed by atoms with E-state index in [0.717, 1.165) is 15.8 Å². The van der Waals surface area contributed by atoms with Crippen molar-refractivity contribution in [1.29, 1.82) is 0 Å². The lowest BCUT2D eigenvalue weighted by atomic mass is 10.2. The van der Waals surface area contributed by atoms with Crippen LogP contribution in [0.15, 0.2) is 23.0 Å². The van der Waals surface area contributed by atoms with Gasteiger partial charge in [-0.15, -0.1) is 0 Å². The second-order valence-corrected chi connectivity index (χ2v) is 4.77. The Labute approximate surface area is 108 Å². The van der Waals surface area contributed by atoms with Crippen LogP contribution < -0.4 is 10.2 Å². The first-order chi connectivity index (χ1) is 8.65. The van der Waals surface area contributed by atoms with Crippen molar-refractivity contribution in [1.82, 2.24) is 10.3 Å². The van der Waals surface area contributed by atoms with Gasteiger partial charge in [-0.3, -0.25) is 9.59 Å². The van der Waals surface area contributed by atoms with Gasteiger partial charge in [-0.2, -0.15) is 0 Å². The molecule has 0 aliphatic carbocycles. The Kier molecular flexibility index (Phi) is 3.80. The molecule has 18 heavy (non-hydrogen) atoms. The molecule has 0 aliphatic heterocycles. The number of aromatic nitrogens is 1. The van der Waals surface area contributed by atoms with Crippen molar-refractivity contribution in [3.8, 4) is 11.8 Å². The van der Waals surface area contributed by atoms with Crippen LogP contribution in [0, 0.1) is 11.8 Å². The van der Waals surface area contributed by atoms with Gasteiger partial charge in [-0.25, -0.2) is 0 Å². The smallest absolute Gasteiger partial charge is 0.305 e. The largest absolute Gasteiger partial charge is 0.355 e. The van der Waals surface area contributed by atoms with Crippen LogP contribution in [0.25, 0.3) is 10.2 Å². The number of hydrogen-bond acceptors (Lipinski definition) is 3.